The van der Waals surface area contributed by atoms with Crippen molar-refractivity contribution >= 4 is 0 Å². The first-order chi connectivity index (χ1) is 9.33. The van der Waals surface area contributed by atoms with E-state index in [9.17, 15) is 0 Å². The molecule has 98 valence electrons. The van der Waals surface area contributed by atoms with E-state index in [-0.39, 0.29) is 0 Å². The number of hydrogen-bond acceptors (Lipinski definition) is 3. The molecule has 19 heavy (non-hydrogen) atoms. The van der Waals surface area contributed by atoms with Gasteiger partial charge in [-0.3, -0.25) is 9.97 Å². The molecule has 1 aromatic heterocycles. The third kappa shape index (κ3) is 2.82. The van der Waals surface area contributed by atoms with Crippen LogP contribution in [-0.2, 0) is 0 Å². The summed E-state index contributed by atoms with van der Waals surface area (Å²) in [4.78, 5) is 8.53. The summed E-state index contributed by atoms with van der Waals surface area (Å²) < 4.78 is 0. The smallest absolute Gasteiger partial charge is 0.0756 e. The van der Waals surface area contributed by atoms with Crippen LogP contribution in [0.25, 0.3) is 0 Å². The summed E-state index contributed by atoms with van der Waals surface area (Å²) in [6.07, 6.45) is 7.68. The molecule has 0 amide bonds. The molecule has 2 aromatic rings. The molecule has 3 heteroatoms. The van der Waals surface area contributed by atoms with E-state index in [1.54, 1.807) is 12.4 Å². The molecule has 2 heterocycles. The summed E-state index contributed by atoms with van der Waals surface area (Å²) in [6.45, 7) is 3.15. The maximum absolute atomic E-state index is 4.39. The minimum absolute atomic E-state index is 0.357. The second kappa shape index (κ2) is 5.49. The Kier molecular flexibility index (Phi) is 3.56. The van der Waals surface area contributed by atoms with Crippen LogP contribution in [-0.4, -0.2) is 16.5 Å². The van der Waals surface area contributed by atoms with Gasteiger partial charge in [-0.15, -0.1) is 0 Å². The van der Waals surface area contributed by atoms with Gasteiger partial charge in [-0.05, 0) is 31.2 Å². The molecule has 0 bridgehead atoms. The number of piperidine rings is 1. The molecule has 0 radical (unpaired) electrons. The van der Waals surface area contributed by atoms with Gasteiger partial charge in [-0.25, -0.2) is 0 Å². The van der Waals surface area contributed by atoms with Crippen LogP contribution < -0.4 is 5.32 Å². The van der Waals surface area contributed by atoms with Crippen LogP contribution in [0.4, 0.5) is 0 Å². The first-order valence-corrected chi connectivity index (χ1v) is 6.89. The zero-order valence-corrected chi connectivity index (χ0v) is 11.2. The van der Waals surface area contributed by atoms with Gasteiger partial charge in [0.25, 0.3) is 0 Å². The lowest BCUT2D eigenvalue weighted by molar-refractivity contribution is 0.367. The Balaban J connectivity index is 1.65. The third-order valence-electron chi connectivity index (χ3n) is 3.90. The monoisotopic (exact) mass is 253 g/mol. The lowest BCUT2D eigenvalue weighted by Gasteiger charge is -2.29. The average Bonchev–Trinajstić information content (AvgIpc) is 2.49. The van der Waals surface area contributed by atoms with E-state index < -0.39 is 0 Å². The summed E-state index contributed by atoms with van der Waals surface area (Å²) in [6, 6.07) is 9.26. The van der Waals surface area contributed by atoms with Crippen molar-refractivity contribution in [3.8, 4) is 0 Å². The fourth-order valence-corrected chi connectivity index (χ4v) is 2.72. The van der Waals surface area contributed by atoms with E-state index in [0.717, 1.165) is 18.7 Å². The first kappa shape index (κ1) is 12.3. The lowest BCUT2D eigenvalue weighted by atomic mass is 9.87. The van der Waals surface area contributed by atoms with Gasteiger partial charge in [-0.2, -0.15) is 0 Å². The number of rotatable bonds is 2. The van der Waals surface area contributed by atoms with Crippen LogP contribution in [0.2, 0.25) is 0 Å². The Bertz CT molecular complexity index is 513. The first-order valence-electron chi connectivity index (χ1n) is 6.89. The number of nitrogens with zero attached hydrogens (tertiary/aromatic N) is 2. The highest BCUT2D eigenvalue weighted by Gasteiger charge is 2.23. The zero-order valence-electron chi connectivity index (χ0n) is 11.2. The second-order valence-electron chi connectivity index (χ2n) is 5.28. The molecule has 0 spiro atoms. The highest BCUT2D eigenvalue weighted by atomic mass is 15.0. The fraction of sp³-hybridized carbons (Fsp3) is 0.375. The van der Waals surface area contributed by atoms with E-state index in [2.05, 4.69) is 46.5 Å². The molecule has 3 rings (SSSR count). The quantitative estimate of drug-likeness (QED) is 0.894. The summed E-state index contributed by atoms with van der Waals surface area (Å²) >= 11 is 0. The molecular formula is C16H19N3. The van der Waals surface area contributed by atoms with E-state index in [4.69, 9.17) is 0 Å². The molecule has 2 unspecified atom stereocenters. The van der Waals surface area contributed by atoms with Crippen LogP contribution in [0.3, 0.4) is 0 Å². The van der Waals surface area contributed by atoms with Crippen LogP contribution in [0, 0.1) is 6.92 Å². The normalized spacial score (nSPS) is 23.2. The third-order valence-corrected chi connectivity index (χ3v) is 3.90. The second-order valence-corrected chi connectivity index (χ2v) is 5.28. The molecule has 2 atom stereocenters. The van der Waals surface area contributed by atoms with Gasteiger partial charge in [0.15, 0.2) is 0 Å². The van der Waals surface area contributed by atoms with Gasteiger partial charge in [0.05, 0.1) is 11.7 Å². The maximum atomic E-state index is 4.39. The topological polar surface area (TPSA) is 37.8 Å². The summed E-state index contributed by atoms with van der Waals surface area (Å²) in [5.41, 5.74) is 3.82. The predicted molar refractivity (Wildman–Crippen MR) is 75.9 cm³/mol. The standard InChI is InChI=1S/C16H19N3/c1-12-2-4-13(5-3-12)14-6-7-15(19-10-14)16-11-17-8-9-18-16/h2-5,8-9,11,14-15,19H,6-7,10H2,1H3. The van der Waals surface area contributed by atoms with Crippen LogP contribution in [0.5, 0.6) is 0 Å². The number of benzene rings is 1. The van der Waals surface area contributed by atoms with E-state index >= 15 is 0 Å². The molecule has 3 nitrogen and oxygen atoms in total. The molecule has 1 N–H and O–H groups in total. The van der Waals surface area contributed by atoms with Gasteiger partial charge in [0, 0.05) is 25.1 Å². The van der Waals surface area contributed by atoms with Crippen LogP contribution in [0.1, 0.15) is 41.6 Å². The molecule has 1 saturated heterocycles. The van der Waals surface area contributed by atoms with E-state index in [0.29, 0.717) is 12.0 Å². The minimum atomic E-state index is 0.357. The molecular weight excluding hydrogens is 234 g/mol. The lowest BCUT2D eigenvalue weighted by Crippen LogP contribution is -2.32. The van der Waals surface area contributed by atoms with Crippen LogP contribution >= 0.6 is 0 Å². The Morgan fingerprint density at radius 2 is 1.95 bits per heavy atom. The summed E-state index contributed by atoms with van der Waals surface area (Å²) in [5, 5.41) is 3.60. The van der Waals surface area contributed by atoms with Gasteiger partial charge in [-0.1, -0.05) is 29.8 Å². The van der Waals surface area contributed by atoms with Gasteiger partial charge < -0.3 is 5.32 Å². The van der Waals surface area contributed by atoms with Crippen molar-refractivity contribution in [1.29, 1.82) is 0 Å². The maximum Gasteiger partial charge on any atom is 0.0756 e. The Hall–Kier alpha value is -1.74. The molecule has 0 aliphatic carbocycles. The van der Waals surface area contributed by atoms with Gasteiger partial charge >= 0.3 is 0 Å². The Morgan fingerprint density at radius 3 is 2.58 bits per heavy atom. The molecule has 1 aliphatic heterocycles. The fourth-order valence-electron chi connectivity index (χ4n) is 2.72. The van der Waals surface area contributed by atoms with Crippen LogP contribution in [0.15, 0.2) is 42.9 Å². The molecule has 1 fully saturated rings. The van der Waals surface area contributed by atoms with Crippen molar-refractivity contribution in [2.75, 3.05) is 6.54 Å². The number of nitrogens with one attached hydrogen (secondary N) is 1. The number of aryl methyl sites for hydroxylation is 1. The molecule has 1 aromatic carbocycles. The molecule has 1 aliphatic rings. The van der Waals surface area contributed by atoms with Gasteiger partial charge in [0.1, 0.15) is 0 Å². The van der Waals surface area contributed by atoms with E-state index in [1.807, 2.05) is 6.20 Å². The Labute approximate surface area is 114 Å². The number of hydrogen-bond donors (Lipinski definition) is 1. The zero-order chi connectivity index (χ0) is 13.1. The highest BCUT2D eigenvalue weighted by molar-refractivity contribution is 5.25. The SMILES string of the molecule is Cc1ccc(C2CCC(c3cnccn3)NC2)cc1. The summed E-state index contributed by atoms with van der Waals surface area (Å²) in [7, 11) is 0. The minimum Gasteiger partial charge on any atom is -0.308 e. The van der Waals surface area contributed by atoms with Gasteiger partial charge in [0.2, 0.25) is 0 Å². The molecule has 0 saturated carbocycles. The van der Waals surface area contributed by atoms with Crippen molar-refractivity contribution < 1.29 is 0 Å². The van der Waals surface area contributed by atoms with Crippen molar-refractivity contribution in [2.24, 2.45) is 0 Å². The van der Waals surface area contributed by atoms with Crippen molar-refractivity contribution in [1.82, 2.24) is 15.3 Å². The number of aromatic nitrogens is 2. The predicted octanol–water partition coefficient (Wildman–Crippen LogP) is 2.99. The van der Waals surface area contributed by atoms with Crippen molar-refractivity contribution in [2.45, 2.75) is 31.7 Å². The van der Waals surface area contributed by atoms with E-state index in [1.165, 1.54) is 17.5 Å². The van der Waals surface area contributed by atoms with Crippen molar-refractivity contribution in [3.05, 3.63) is 59.7 Å². The Morgan fingerprint density at radius 1 is 1.11 bits per heavy atom. The van der Waals surface area contributed by atoms with Crippen molar-refractivity contribution in [3.63, 3.8) is 0 Å². The average molecular weight is 253 g/mol. The summed E-state index contributed by atoms with van der Waals surface area (Å²) in [5.74, 6) is 0.619. The highest BCUT2D eigenvalue weighted by Crippen LogP contribution is 2.30. The largest absolute Gasteiger partial charge is 0.308 e.